The molecule has 3 rings (SSSR count). The first-order chi connectivity index (χ1) is 15.8. The third-order valence-corrected chi connectivity index (χ3v) is 5.92. The highest BCUT2D eigenvalue weighted by molar-refractivity contribution is 8.15. The van der Waals surface area contributed by atoms with Gasteiger partial charge in [-0.05, 0) is 37.1 Å². The zero-order valence-electron chi connectivity index (χ0n) is 18.1. The molecule has 1 aliphatic heterocycles. The zero-order valence-corrected chi connectivity index (χ0v) is 19.0. The molecule has 2 aromatic rings. The summed E-state index contributed by atoms with van der Waals surface area (Å²) in [5, 5.41) is 17.4. The van der Waals surface area contributed by atoms with Crippen LogP contribution < -0.4 is 10.5 Å². The molecule has 33 heavy (non-hydrogen) atoms. The number of nitrogens with two attached hydrogens (primary N) is 1. The van der Waals surface area contributed by atoms with Gasteiger partial charge in [0.15, 0.2) is 0 Å². The molecule has 3 N–H and O–H groups in total. The number of benzene rings is 2. The van der Waals surface area contributed by atoms with Crippen molar-refractivity contribution in [3.63, 3.8) is 0 Å². The lowest BCUT2D eigenvalue weighted by Gasteiger charge is -2.18. The van der Waals surface area contributed by atoms with Crippen molar-refractivity contribution in [2.75, 3.05) is 32.2 Å². The summed E-state index contributed by atoms with van der Waals surface area (Å²) in [4.78, 5) is 0. The molecular weight excluding hydrogens is 455 g/mol. The first-order valence-electron chi connectivity index (χ1n) is 10.4. The van der Waals surface area contributed by atoms with E-state index in [-0.39, 0.29) is 31.1 Å². The van der Waals surface area contributed by atoms with Crippen molar-refractivity contribution in [1.82, 2.24) is 0 Å². The van der Waals surface area contributed by atoms with Gasteiger partial charge in [0.05, 0.1) is 37.1 Å². The quantitative estimate of drug-likeness (QED) is 0.504. The van der Waals surface area contributed by atoms with Gasteiger partial charge in [-0.2, -0.15) is 18.3 Å². The number of halogens is 3. The van der Waals surface area contributed by atoms with Crippen molar-refractivity contribution in [3.8, 4) is 5.75 Å². The third kappa shape index (κ3) is 7.29. The largest absolute Gasteiger partial charge is 0.491 e. The molecular formula is C23H26F3N3O3S. The number of ether oxygens (including phenoxy) is 2. The van der Waals surface area contributed by atoms with E-state index in [4.69, 9.17) is 20.3 Å². The fourth-order valence-corrected chi connectivity index (χ4v) is 4.07. The molecule has 0 fully saturated rings. The second-order valence-electron chi connectivity index (χ2n) is 7.48. The number of aryl methyl sites for hydroxylation is 1. The molecule has 0 radical (unpaired) electrons. The van der Waals surface area contributed by atoms with E-state index >= 15 is 0 Å². The Kier molecular flexibility index (Phi) is 8.90. The van der Waals surface area contributed by atoms with Gasteiger partial charge in [0, 0.05) is 11.3 Å². The standard InChI is InChI=1S/C23H26F3N3O3S/c1-15-3-2-4-16(11-15)7-8-31-9-10-32-21-6-5-17(12-18(21)23(24,25)26)22-29-28-20(14-33-22)19(27)13-30/h2-6,11-12,19,30H,7-10,13-14,27H2,1H3. The molecule has 0 aromatic heterocycles. The van der Waals surface area contributed by atoms with Gasteiger partial charge in [0.2, 0.25) is 0 Å². The maximum atomic E-state index is 13.6. The summed E-state index contributed by atoms with van der Waals surface area (Å²) in [6.07, 6.45) is -3.87. The van der Waals surface area contributed by atoms with Crippen LogP contribution in [-0.2, 0) is 17.3 Å². The van der Waals surface area contributed by atoms with Crippen LogP contribution in [0.5, 0.6) is 5.75 Å². The van der Waals surface area contributed by atoms with Gasteiger partial charge >= 0.3 is 6.18 Å². The van der Waals surface area contributed by atoms with Crippen LogP contribution in [0.1, 0.15) is 22.3 Å². The normalized spacial score (nSPS) is 15.1. The predicted molar refractivity (Wildman–Crippen MR) is 124 cm³/mol. The number of hydrogen-bond donors (Lipinski definition) is 2. The second-order valence-corrected chi connectivity index (χ2v) is 8.45. The number of thioether (sulfide) groups is 1. The van der Waals surface area contributed by atoms with E-state index in [2.05, 4.69) is 16.3 Å². The minimum atomic E-state index is -4.59. The molecule has 1 heterocycles. The van der Waals surface area contributed by atoms with Gasteiger partial charge in [-0.25, -0.2) is 0 Å². The first-order valence-corrected chi connectivity index (χ1v) is 11.4. The van der Waals surface area contributed by atoms with Crippen molar-refractivity contribution >= 4 is 22.5 Å². The summed E-state index contributed by atoms with van der Waals surface area (Å²) in [5.74, 6) is 0.0847. The SMILES string of the molecule is Cc1cccc(CCOCCOc2ccc(C3=NN=C(C(N)CO)CS3)cc2C(F)(F)F)c1. The average molecular weight is 482 g/mol. The van der Waals surface area contributed by atoms with Crippen LogP contribution in [0.15, 0.2) is 52.7 Å². The minimum absolute atomic E-state index is 0.00135. The van der Waals surface area contributed by atoms with Gasteiger partial charge < -0.3 is 20.3 Å². The Hall–Kier alpha value is -2.40. The molecule has 0 bridgehead atoms. The van der Waals surface area contributed by atoms with Crippen molar-refractivity contribution in [3.05, 3.63) is 64.7 Å². The van der Waals surface area contributed by atoms with Gasteiger partial charge in [-0.15, -0.1) is 5.10 Å². The van der Waals surface area contributed by atoms with E-state index in [1.165, 1.54) is 23.9 Å². The lowest BCUT2D eigenvalue weighted by atomic mass is 10.1. The first kappa shape index (κ1) is 25.2. The van der Waals surface area contributed by atoms with Crippen LogP contribution in [0.4, 0.5) is 13.2 Å². The maximum absolute atomic E-state index is 13.6. The Morgan fingerprint density at radius 2 is 1.94 bits per heavy atom. The van der Waals surface area contributed by atoms with E-state index in [0.717, 1.165) is 23.6 Å². The fourth-order valence-electron chi connectivity index (χ4n) is 3.12. The van der Waals surface area contributed by atoms with Crippen LogP contribution in [-0.4, -0.2) is 54.1 Å². The molecule has 1 unspecified atom stereocenters. The summed E-state index contributed by atoms with van der Waals surface area (Å²) >= 11 is 1.22. The Bertz CT molecular complexity index is 1010. The van der Waals surface area contributed by atoms with Crippen LogP contribution >= 0.6 is 11.8 Å². The van der Waals surface area contributed by atoms with Crippen LogP contribution in [0.3, 0.4) is 0 Å². The Labute approximate surface area is 194 Å². The topological polar surface area (TPSA) is 89.4 Å². The van der Waals surface area contributed by atoms with Crippen molar-refractivity contribution < 1.29 is 27.8 Å². The van der Waals surface area contributed by atoms with Gasteiger partial charge in [0.1, 0.15) is 17.4 Å². The second kappa shape index (κ2) is 11.6. The number of nitrogens with zero attached hydrogens (tertiary/aromatic N) is 2. The molecule has 0 saturated carbocycles. The number of rotatable bonds is 10. The summed E-state index contributed by atoms with van der Waals surface area (Å²) in [5.41, 5.74) is 7.91. The predicted octanol–water partition coefficient (Wildman–Crippen LogP) is 3.82. The van der Waals surface area contributed by atoms with E-state index in [0.29, 0.717) is 23.1 Å². The average Bonchev–Trinajstić information content (AvgIpc) is 2.80. The van der Waals surface area contributed by atoms with Crippen molar-refractivity contribution in [2.24, 2.45) is 15.9 Å². The number of hydrogen-bond acceptors (Lipinski definition) is 7. The maximum Gasteiger partial charge on any atom is 0.419 e. The van der Waals surface area contributed by atoms with Crippen molar-refractivity contribution in [1.29, 1.82) is 0 Å². The third-order valence-electron chi connectivity index (χ3n) is 4.89. The lowest BCUT2D eigenvalue weighted by molar-refractivity contribution is -0.139. The molecule has 0 spiro atoms. The van der Waals surface area contributed by atoms with Gasteiger partial charge in [0.25, 0.3) is 0 Å². The van der Waals surface area contributed by atoms with Crippen LogP contribution in [0.25, 0.3) is 0 Å². The molecule has 1 atom stereocenters. The van der Waals surface area contributed by atoms with E-state index < -0.39 is 17.8 Å². The van der Waals surface area contributed by atoms with E-state index in [1.54, 1.807) is 0 Å². The summed E-state index contributed by atoms with van der Waals surface area (Å²) < 4.78 is 51.8. The highest BCUT2D eigenvalue weighted by Gasteiger charge is 2.35. The van der Waals surface area contributed by atoms with E-state index in [9.17, 15) is 13.2 Å². The summed E-state index contributed by atoms with van der Waals surface area (Å²) in [6, 6.07) is 11.2. The Balaban J connectivity index is 1.58. The molecule has 6 nitrogen and oxygen atoms in total. The number of alkyl halides is 3. The fraction of sp³-hybridized carbons (Fsp3) is 0.391. The van der Waals surface area contributed by atoms with E-state index in [1.807, 2.05) is 25.1 Å². The molecule has 0 saturated heterocycles. The Morgan fingerprint density at radius 1 is 1.12 bits per heavy atom. The highest BCUT2D eigenvalue weighted by Crippen LogP contribution is 2.37. The molecule has 0 amide bonds. The summed E-state index contributed by atoms with van der Waals surface area (Å²) in [7, 11) is 0. The molecule has 1 aliphatic rings. The number of aliphatic hydroxyl groups is 1. The highest BCUT2D eigenvalue weighted by atomic mass is 32.2. The molecule has 2 aromatic carbocycles. The minimum Gasteiger partial charge on any atom is -0.491 e. The van der Waals surface area contributed by atoms with Gasteiger partial charge in [-0.1, -0.05) is 41.6 Å². The molecule has 0 aliphatic carbocycles. The van der Waals surface area contributed by atoms with Crippen LogP contribution in [0, 0.1) is 6.92 Å². The molecule has 178 valence electrons. The Morgan fingerprint density at radius 3 is 2.61 bits per heavy atom. The molecule has 10 heteroatoms. The van der Waals surface area contributed by atoms with Crippen LogP contribution in [0.2, 0.25) is 0 Å². The number of aliphatic hydroxyl groups excluding tert-OH is 1. The monoisotopic (exact) mass is 481 g/mol. The summed E-state index contributed by atoms with van der Waals surface area (Å²) in [6.45, 7) is 2.37. The van der Waals surface area contributed by atoms with Gasteiger partial charge in [-0.3, -0.25) is 0 Å². The smallest absolute Gasteiger partial charge is 0.419 e. The zero-order chi connectivity index (χ0) is 23.8. The van der Waals surface area contributed by atoms with Crippen molar-refractivity contribution in [2.45, 2.75) is 25.6 Å². The lowest BCUT2D eigenvalue weighted by Crippen LogP contribution is -2.36.